The van der Waals surface area contributed by atoms with E-state index >= 15 is 0 Å². The summed E-state index contributed by atoms with van der Waals surface area (Å²) in [6.45, 7) is 0. The van der Waals surface area contributed by atoms with Gasteiger partial charge in [-0.1, -0.05) is 6.42 Å². The minimum Gasteiger partial charge on any atom is -0.349 e. The van der Waals surface area contributed by atoms with Gasteiger partial charge in [-0.05, 0) is 37.0 Å². The van der Waals surface area contributed by atoms with Gasteiger partial charge >= 0.3 is 6.18 Å². The second-order valence-corrected chi connectivity index (χ2v) is 5.43. The Morgan fingerprint density at radius 3 is 2.67 bits per heavy atom. The van der Waals surface area contributed by atoms with E-state index < -0.39 is 23.5 Å². The van der Waals surface area contributed by atoms with Gasteiger partial charge in [0, 0.05) is 17.5 Å². The number of hydrogen-bond acceptors (Lipinski definition) is 1. The summed E-state index contributed by atoms with van der Waals surface area (Å²) < 4.78 is 51.1. The first kappa shape index (κ1) is 16.1. The fraction of sp³-hybridized carbons (Fsp3) is 0.500. The lowest BCUT2D eigenvalue weighted by Gasteiger charge is -2.19. The van der Waals surface area contributed by atoms with Crippen LogP contribution in [0.4, 0.5) is 17.6 Å². The standard InChI is InChI=1S/C14H14ClF4NO/c15-7-9-2-1-3-12(9)20-13(21)8-4-5-11(16)10(6-8)14(17,18)19/h4-6,9,12H,1-3,7H2,(H,20,21). The van der Waals surface area contributed by atoms with Crippen LogP contribution < -0.4 is 5.32 Å². The van der Waals surface area contributed by atoms with Gasteiger partial charge in [0.2, 0.25) is 0 Å². The highest BCUT2D eigenvalue weighted by Gasteiger charge is 2.35. The van der Waals surface area contributed by atoms with E-state index in [1.165, 1.54) is 0 Å². The quantitative estimate of drug-likeness (QED) is 0.661. The van der Waals surface area contributed by atoms with E-state index in [0.29, 0.717) is 18.0 Å². The van der Waals surface area contributed by atoms with Gasteiger partial charge in [0.25, 0.3) is 5.91 Å². The molecule has 116 valence electrons. The number of hydrogen-bond donors (Lipinski definition) is 1. The van der Waals surface area contributed by atoms with Crippen molar-refractivity contribution in [1.29, 1.82) is 0 Å². The first-order valence-corrected chi connectivity index (χ1v) is 7.10. The Morgan fingerprint density at radius 2 is 2.05 bits per heavy atom. The Hall–Kier alpha value is -1.30. The van der Waals surface area contributed by atoms with E-state index in [9.17, 15) is 22.4 Å². The lowest BCUT2D eigenvalue weighted by molar-refractivity contribution is -0.140. The van der Waals surface area contributed by atoms with Gasteiger partial charge in [-0.25, -0.2) is 4.39 Å². The fourth-order valence-corrected chi connectivity index (χ4v) is 2.92. The fourth-order valence-electron chi connectivity index (χ4n) is 2.55. The minimum atomic E-state index is -4.83. The van der Waals surface area contributed by atoms with Crippen molar-refractivity contribution in [3.63, 3.8) is 0 Å². The molecule has 1 aromatic carbocycles. The van der Waals surface area contributed by atoms with Crippen molar-refractivity contribution in [2.45, 2.75) is 31.5 Å². The molecular formula is C14H14ClF4NO. The SMILES string of the molecule is O=C(NC1CCCC1CCl)c1ccc(F)c(C(F)(F)F)c1. The highest BCUT2D eigenvalue weighted by atomic mass is 35.5. The van der Waals surface area contributed by atoms with Gasteiger partial charge < -0.3 is 5.32 Å². The molecule has 1 aliphatic rings. The van der Waals surface area contributed by atoms with Crippen molar-refractivity contribution in [3.05, 3.63) is 35.1 Å². The zero-order valence-electron chi connectivity index (χ0n) is 11.0. The molecule has 0 heterocycles. The summed E-state index contributed by atoms with van der Waals surface area (Å²) in [6, 6.07) is 2.10. The lowest BCUT2D eigenvalue weighted by Crippen LogP contribution is -2.38. The summed E-state index contributed by atoms with van der Waals surface area (Å²) in [7, 11) is 0. The molecule has 2 atom stereocenters. The van der Waals surface area contributed by atoms with Crippen LogP contribution in [0.2, 0.25) is 0 Å². The summed E-state index contributed by atoms with van der Waals surface area (Å²) in [4.78, 5) is 12.0. The predicted molar refractivity (Wildman–Crippen MR) is 70.7 cm³/mol. The Bertz CT molecular complexity index is 532. The molecular weight excluding hydrogens is 310 g/mol. The molecule has 0 saturated heterocycles. The summed E-state index contributed by atoms with van der Waals surface area (Å²) in [5, 5.41) is 2.68. The van der Waals surface area contributed by atoms with E-state index in [-0.39, 0.29) is 17.5 Å². The summed E-state index contributed by atoms with van der Waals surface area (Å²) in [5.74, 6) is -1.51. The monoisotopic (exact) mass is 323 g/mol. The molecule has 0 bridgehead atoms. The average molecular weight is 324 g/mol. The zero-order chi connectivity index (χ0) is 15.6. The van der Waals surface area contributed by atoms with Crippen LogP contribution in [0.3, 0.4) is 0 Å². The smallest absolute Gasteiger partial charge is 0.349 e. The largest absolute Gasteiger partial charge is 0.419 e. The van der Waals surface area contributed by atoms with Gasteiger partial charge in [0.15, 0.2) is 0 Å². The van der Waals surface area contributed by atoms with Crippen LogP contribution in [0.1, 0.15) is 35.2 Å². The third kappa shape index (κ3) is 3.67. The second-order valence-electron chi connectivity index (χ2n) is 5.12. The first-order valence-electron chi connectivity index (χ1n) is 6.56. The number of carbonyl (C=O) groups is 1. The van der Waals surface area contributed by atoms with E-state index in [1.807, 2.05) is 0 Å². The van der Waals surface area contributed by atoms with Crippen molar-refractivity contribution in [2.75, 3.05) is 5.88 Å². The number of rotatable bonds is 3. The maximum absolute atomic E-state index is 13.2. The van der Waals surface area contributed by atoms with Gasteiger partial charge in [-0.3, -0.25) is 4.79 Å². The van der Waals surface area contributed by atoms with Crippen LogP contribution in [0.5, 0.6) is 0 Å². The molecule has 1 fully saturated rings. The molecule has 1 aliphatic carbocycles. The van der Waals surface area contributed by atoms with Crippen molar-refractivity contribution >= 4 is 17.5 Å². The maximum Gasteiger partial charge on any atom is 0.419 e. The molecule has 1 aromatic rings. The molecule has 1 saturated carbocycles. The van der Waals surface area contributed by atoms with Crippen LogP contribution in [0.15, 0.2) is 18.2 Å². The van der Waals surface area contributed by atoms with Gasteiger partial charge in [0.1, 0.15) is 5.82 Å². The number of carbonyl (C=O) groups excluding carboxylic acids is 1. The highest BCUT2D eigenvalue weighted by molar-refractivity contribution is 6.18. The first-order chi connectivity index (χ1) is 9.82. The third-order valence-electron chi connectivity index (χ3n) is 3.71. The Morgan fingerprint density at radius 1 is 1.33 bits per heavy atom. The number of benzene rings is 1. The number of nitrogens with one attached hydrogen (secondary N) is 1. The van der Waals surface area contributed by atoms with Crippen molar-refractivity contribution in [3.8, 4) is 0 Å². The van der Waals surface area contributed by atoms with Gasteiger partial charge in [-0.2, -0.15) is 13.2 Å². The Kier molecular flexibility index (Phi) is 4.76. The highest BCUT2D eigenvalue weighted by Crippen LogP contribution is 2.32. The van der Waals surface area contributed by atoms with Gasteiger partial charge in [0.05, 0.1) is 5.56 Å². The Balaban J connectivity index is 2.16. The second kappa shape index (κ2) is 6.22. The van der Waals surface area contributed by atoms with Crippen LogP contribution >= 0.6 is 11.6 Å². The topological polar surface area (TPSA) is 29.1 Å². The predicted octanol–water partition coefficient (Wildman–Crippen LogP) is 3.98. The number of amides is 1. The summed E-state index contributed by atoms with van der Waals surface area (Å²) >= 11 is 5.79. The molecule has 21 heavy (non-hydrogen) atoms. The zero-order valence-corrected chi connectivity index (χ0v) is 11.8. The number of alkyl halides is 4. The molecule has 0 spiro atoms. The van der Waals surface area contributed by atoms with E-state index in [4.69, 9.17) is 11.6 Å². The summed E-state index contributed by atoms with van der Waals surface area (Å²) in [6.07, 6.45) is -2.28. The maximum atomic E-state index is 13.2. The lowest BCUT2D eigenvalue weighted by atomic mass is 10.0. The third-order valence-corrected chi connectivity index (χ3v) is 4.10. The van der Waals surface area contributed by atoms with Crippen LogP contribution in [0, 0.1) is 11.7 Å². The minimum absolute atomic E-state index is 0.123. The molecule has 1 N–H and O–H groups in total. The Labute approximate surface area is 124 Å². The molecule has 2 rings (SSSR count). The van der Waals surface area contributed by atoms with E-state index in [1.54, 1.807) is 0 Å². The normalized spacial score (nSPS) is 22.3. The van der Waals surface area contributed by atoms with Crippen LogP contribution in [-0.4, -0.2) is 17.8 Å². The van der Waals surface area contributed by atoms with Crippen molar-refractivity contribution in [2.24, 2.45) is 5.92 Å². The average Bonchev–Trinajstić information content (AvgIpc) is 2.85. The number of halogens is 5. The molecule has 7 heteroatoms. The molecule has 0 aromatic heterocycles. The summed E-state index contributed by atoms with van der Waals surface area (Å²) in [5.41, 5.74) is -1.64. The van der Waals surface area contributed by atoms with Gasteiger partial charge in [-0.15, -0.1) is 11.6 Å². The molecule has 0 aliphatic heterocycles. The van der Waals surface area contributed by atoms with Crippen molar-refractivity contribution < 1.29 is 22.4 Å². The molecule has 0 radical (unpaired) electrons. The van der Waals surface area contributed by atoms with E-state index in [2.05, 4.69) is 5.32 Å². The van der Waals surface area contributed by atoms with Crippen LogP contribution in [-0.2, 0) is 6.18 Å². The van der Waals surface area contributed by atoms with E-state index in [0.717, 1.165) is 25.3 Å². The molecule has 2 unspecified atom stereocenters. The molecule has 2 nitrogen and oxygen atoms in total. The molecule has 1 amide bonds. The van der Waals surface area contributed by atoms with Crippen molar-refractivity contribution in [1.82, 2.24) is 5.32 Å². The van der Waals surface area contributed by atoms with Crippen LogP contribution in [0.25, 0.3) is 0 Å².